The number of carbonyl (C=O) groups excluding carboxylic acids is 1. The van der Waals surface area contributed by atoms with Gasteiger partial charge in [0.25, 0.3) is 0 Å². The first kappa shape index (κ1) is 20.5. The largest absolute Gasteiger partial charge is 0.438 e. The lowest BCUT2D eigenvalue weighted by Crippen LogP contribution is -2.38. The average Bonchev–Trinajstić information content (AvgIpc) is 2.85. The van der Waals surface area contributed by atoms with Gasteiger partial charge in [-0.05, 0) is 37.0 Å². The summed E-state index contributed by atoms with van der Waals surface area (Å²) in [7, 11) is 0. The van der Waals surface area contributed by atoms with Crippen molar-refractivity contribution >= 4 is 11.9 Å². The quantitative estimate of drug-likeness (QED) is 0.603. The van der Waals surface area contributed by atoms with Gasteiger partial charge in [0.15, 0.2) is 0 Å². The second kappa shape index (κ2) is 9.39. The van der Waals surface area contributed by atoms with Crippen molar-refractivity contribution in [1.29, 1.82) is 0 Å². The summed E-state index contributed by atoms with van der Waals surface area (Å²) in [5.41, 5.74) is 2.94. The molecule has 0 spiro atoms. The van der Waals surface area contributed by atoms with Gasteiger partial charge in [0.05, 0.1) is 24.2 Å². The Hall–Kier alpha value is -3.41. The number of fused-ring (bicyclic) bond motifs is 1. The maximum atomic E-state index is 13.0. The number of hydrogen-bond acceptors (Lipinski definition) is 5. The Kier molecular flexibility index (Phi) is 6.01. The summed E-state index contributed by atoms with van der Waals surface area (Å²) in [6, 6.07) is 19.6. The van der Waals surface area contributed by atoms with Gasteiger partial charge in [-0.3, -0.25) is 4.79 Å². The van der Waals surface area contributed by atoms with Crippen LogP contribution in [-0.2, 0) is 24.2 Å². The number of ether oxygens (including phenoxy) is 1. The topological polar surface area (TPSA) is 58.6 Å². The smallest absolute Gasteiger partial charge is 0.229 e. The molecule has 0 bridgehead atoms. The summed E-state index contributed by atoms with van der Waals surface area (Å²) in [4.78, 5) is 26.9. The summed E-state index contributed by atoms with van der Waals surface area (Å²) in [5, 5.41) is 0. The Balaban J connectivity index is 1.43. The highest BCUT2D eigenvalue weighted by Gasteiger charge is 2.28. The van der Waals surface area contributed by atoms with Crippen molar-refractivity contribution in [2.45, 2.75) is 38.6 Å². The van der Waals surface area contributed by atoms with E-state index in [1.54, 1.807) is 0 Å². The molecule has 0 N–H and O–H groups in total. The van der Waals surface area contributed by atoms with Gasteiger partial charge in [0.1, 0.15) is 5.75 Å². The molecule has 0 saturated carbocycles. The first-order valence-electron chi connectivity index (χ1n) is 11.5. The van der Waals surface area contributed by atoms with Gasteiger partial charge in [-0.15, -0.1) is 0 Å². The Morgan fingerprint density at radius 1 is 0.875 bits per heavy atom. The third-order valence-electron chi connectivity index (χ3n) is 6.16. The lowest BCUT2D eigenvalue weighted by atomic mass is 10.0. The normalized spacial score (nSPS) is 15.9. The predicted molar refractivity (Wildman–Crippen MR) is 124 cm³/mol. The van der Waals surface area contributed by atoms with Gasteiger partial charge in [-0.25, -0.2) is 4.98 Å². The summed E-state index contributed by atoms with van der Waals surface area (Å²) in [6.07, 6.45) is 4.70. The number of carbonyl (C=O) groups is 1. The zero-order valence-electron chi connectivity index (χ0n) is 18.2. The van der Waals surface area contributed by atoms with E-state index in [9.17, 15) is 4.79 Å². The molecular formula is C26H28N4O2. The second-order valence-electron chi connectivity index (χ2n) is 8.44. The Labute approximate surface area is 188 Å². The first-order chi connectivity index (χ1) is 15.8. The SMILES string of the molecule is O=C(Cc1ccccc1)N1CCc2nc(N3CCCCC3)nc(Oc3ccccc3)c2C1. The zero-order valence-corrected chi connectivity index (χ0v) is 18.2. The summed E-state index contributed by atoms with van der Waals surface area (Å²) >= 11 is 0. The molecule has 2 aromatic carbocycles. The standard InChI is InChI=1S/C26H28N4O2/c31-24(18-20-10-4-1-5-11-20)30-17-14-23-22(19-30)25(32-21-12-6-2-7-13-21)28-26(27-23)29-15-8-3-9-16-29/h1-2,4-7,10-13H,3,8-9,14-19H2. The number of anilines is 1. The van der Waals surface area contributed by atoms with E-state index in [2.05, 4.69) is 4.90 Å². The molecule has 5 rings (SSSR count). The van der Waals surface area contributed by atoms with Crippen LogP contribution in [0.2, 0.25) is 0 Å². The van der Waals surface area contributed by atoms with Crippen LogP contribution in [-0.4, -0.2) is 40.4 Å². The third kappa shape index (κ3) is 4.59. The van der Waals surface area contributed by atoms with Crippen LogP contribution in [0.15, 0.2) is 60.7 Å². The number of benzene rings is 2. The van der Waals surface area contributed by atoms with Gasteiger partial charge in [-0.1, -0.05) is 48.5 Å². The minimum Gasteiger partial charge on any atom is -0.438 e. The average molecular weight is 429 g/mol. The van der Waals surface area contributed by atoms with Gasteiger partial charge < -0.3 is 14.5 Å². The lowest BCUT2D eigenvalue weighted by Gasteiger charge is -2.32. The fourth-order valence-electron chi connectivity index (χ4n) is 4.39. The second-order valence-corrected chi connectivity index (χ2v) is 8.44. The molecule has 2 aliphatic heterocycles. The maximum absolute atomic E-state index is 13.0. The van der Waals surface area contributed by atoms with Crippen molar-refractivity contribution in [2.24, 2.45) is 0 Å². The minimum absolute atomic E-state index is 0.118. The summed E-state index contributed by atoms with van der Waals surface area (Å²) < 4.78 is 6.24. The predicted octanol–water partition coefficient (Wildman–Crippen LogP) is 4.39. The fourth-order valence-corrected chi connectivity index (χ4v) is 4.39. The molecule has 0 radical (unpaired) electrons. The van der Waals surface area contributed by atoms with E-state index in [-0.39, 0.29) is 5.91 Å². The third-order valence-corrected chi connectivity index (χ3v) is 6.16. The van der Waals surface area contributed by atoms with Gasteiger partial charge in [-0.2, -0.15) is 4.98 Å². The van der Waals surface area contributed by atoms with Gasteiger partial charge in [0.2, 0.25) is 17.7 Å². The molecule has 1 fully saturated rings. The molecule has 6 heteroatoms. The van der Waals surface area contributed by atoms with E-state index in [1.807, 2.05) is 65.6 Å². The number of hydrogen-bond donors (Lipinski definition) is 0. The van der Waals surface area contributed by atoms with Crippen LogP contribution in [0.25, 0.3) is 0 Å². The number of amides is 1. The van der Waals surface area contributed by atoms with Crippen LogP contribution in [0.3, 0.4) is 0 Å². The van der Waals surface area contributed by atoms with E-state index in [0.717, 1.165) is 54.4 Å². The molecular weight excluding hydrogens is 400 g/mol. The highest BCUT2D eigenvalue weighted by atomic mass is 16.5. The van der Waals surface area contributed by atoms with Crippen LogP contribution >= 0.6 is 0 Å². The van der Waals surface area contributed by atoms with E-state index in [1.165, 1.54) is 6.42 Å². The van der Waals surface area contributed by atoms with E-state index < -0.39 is 0 Å². The highest BCUT2D eigenvalue weighted by Crippen LogP contribution is 2.32. The number of para-hydroxylation sites is 1. The maximum Gasteiger partial charge on any atom is 0.229 e. The molecule has 0 aliphatic carbocycles. The van der Waals surface area contributed by atoms with Crippen LogP contribution < -0.4 is 9.64 Å². The number of piperidine rings is 1. The van der Waals surface area contributed by atoms with E-state index in [4.69, 9.17) is 14.7 Å². The van der Waals surface area contributed by atoms with Crippen molar-refractivity contribution in [3.63, 3.8) is 0 Å². The Bertz CT molecular complexity index is 1070. The van der Waals surface area contributed by atoms with E-state index >= 15 is 0 Å². The van der Waals surface area contributed by atoms with Crippen LogP contribution in [0.5, 0.6) is 11.6 Å². The van der Waals surface area contributed by atoms with Gasteiger partial charge in [0, 0.05) is 26.1 Å². The lowest BCUT2D eigenvalue weighted by molar-refractivity contribution is -0.131. The monoisotopic (exact) mass is 428 g/mol. The molecule has 3 aromatic rings. The molecule has 164 valence electrons. The molecule has 1 saturated heterocycles. The van der Waals surface area contributed by atoms with E-state index in [0.29, 0.717) is 31.8 Å². The molecule has 6 nitrogen and oxygen atoms in total. The van der Waals surface area contributed by atoms with Crippen molar-refractivity contribution in [1.82, 2.24) is 14.9 Å². The van der Waals surface area contributed by atoms with Crippen molar-refractivity contribution < 1.29 is 9.53 Å². The molecule has 3 heterocycles. The molecule has 1 aromatic heterocycles. The summed E-state index contributed by atoms with van der Waals surface area (Å²) in [5.74, 6) is 2.18. The minimum atomic E-state index is 0.118. The van der Waals surface area contributed by atoms with Crippen molar-refractivity contribution in [2.75, 3.05) is 24.5 Å². The molecule has 1 amide bonds. The van der Waals surface area contributed by atoms with Crippen molar-refractivity contribution in [3.05, 3.63) is 77.5 Å². The molecule has 32 heavy (non-hydrogen) atoms. The zero-order chi connectivity index (χ0) is 21.8. The number of nitrogens with zero attached hydrogens (tertiary/aromatic N) is 4. The van der Waals surface area contributed by atoms with Crippen LogP contribution in [0.1, 0.15) is 36.1 Å². The van der Waals surface area contributed by atoms with Crippen molar-refractivity contribution in [3.8, 4) is 11.6 Å². The highest BCUT2D eigenvalue weighted by molar-refractivity contribution is 5.79. The molecule has 0 unspecified atom stereocenters. The fraction of sp³-hybridized carbons (Fsp3) is 0.346. The number of aromatic nitrogens is 2. The molecule has 0 atom stereocenters. The van der Waals surface area contributed by atoms with Crippen LogP contribution in [0, 0.1) is 0 Å². The van der Waals surface area contributed by atoms with Crippen LogP contribution in [0.4, 0.5) is 5.95 Å². The first-order valence-corrected chi connectivity index (χ1v) is 11.5. The Morgan fingerprint density at radius 3 is 2.34 bits per heavy atom. The molecule has 2 aliphatic rings. The summed E-state index contributed by atoms with van der Waals surface area (Å²) in [6.45, 7) is 3.10. The Morgan fingerprint density at radius 2 is 1.59 bits per heavy atom. The number of rotatable bonds is 5. The van der Waals surface area contributed by atoms with Gasteiger partial charge >= 0.3 is 0 Å².